The van der Waals surface area contributed by atoms with Crippen molar-refractivity contribution in [2.75, 3.05) is 12.3 Å². The van der Waals surface area contributed by atoms with E-state index in [0.29, 0.717) is 0 Å². The predicted molar refractivity (Wildman–Crippen MR) is 161 cm³/mol. The summed E-state index contributed by atoms with van der Waals surface area (Å²) in [5.41, 5.74) is 2.59. The lowest BCUT2D eigenvalue weighted by molar-refractivity contribution is 0.892. The molecular formula is C28H36B2N2P2. The molecule has 0 radical (unpaired) electrons. The summed E-state index contributed by atoms with van der Waals surface area (Å²) >= 11 is 0. The minimum atomic E-state index is -1.06. The van der Waals surface area contributed by atoms with Gasteiger partial charge in [-0.1, -0.05) is 48.5 Å². The number of rotatable bonds is 11. The molecule has 4 aromatic rings. The van der Waals surface area contributed by atoms with Crippen molar-refractivity contribution in [3.63, 3.8) is 0 Å². The van der Waals surface area contributed by atoms with Crippen molar-refractivity contribution in [3.8, 4) is 0 Å². The van der Waals surface area contributed by atoms with E-state index in [0.717, 1.165) is 0 Å². The molecule has 0 spiro atoms. The van der Waals surface area contributed by atoms with Gasteiger partial charge in [-0.2, -0.15) is 0 Å². The molecule has 0 fully saturated rings. The Kier molecular flexibility index (Phi) is 8.71. The first kappa shape index (κ1) is 24.8. The van der Waals surface area contributed by atoms with Crippen LogP contribution in [-0.4, -0.2) is 37.4 Å². The second-order valence-corrected chi connectivity index (χ2v) is 12.6. The third kappa shape index (κ3) is 6.65. The summed E-state index contributed by atoms with van der Waals surface area (Å²) < 4.78 is 0. The molecule has 4 rings (SSSR count). The molecule has 0 N–H and O–H groups in total. The molecule has 0 aliphatic rings. The number of unbranched alkanes of at least 4 members (excludes halogenated alkanes) is 1. The van der Waals surface area contributed by atoms with Crippen molar-refractivity contribution in [1.29, 1.82) is 0 Å². The van der Waals surface area contributed by atoms with Gasteiger partial charge < -0.3 is 0 Å². The van der Waals surface area contributed by atoms with Gasteiger partial charge in [-0.25, -0.2) is 0 Å². The number of hydrogen-bond acceptors (Lipinski definition) is 2. The van der Waals surface area contributed by atoms with Crippen molar-refractivity contribution in [1.82, 2.24) is 9.97 Å². The van der Waals surface area contributed by atoms with Crippen molar-refractivity contribution in [2.45, 2.75) is 25.2 Å². The Balaban J connectivity index is 1.47. The standard InChI is InChI=1S/C28H36B2N2P2/c29-33(27-15-3-1-4-16-27,23-25-13-7-9-19-31-25)21-11-12-22-34(30,28-17-5-2-6-18-28)24-26-14-8-10-20-32-26/h1-10,13-20H,11-12,21-24H2,29-30H3. The molecule has 0 aliphatic carbocycles. The number of pyridine rings is 2. The molecule has 0 saturated heterocycles. The molecule has 0 bridgehead atoms. The van der Waals surface area contributed by atoms with Gasteiger partial charge in [-0.05, 0) is 61.4 Å². The van der Waals surface area contributed by atoms with Gasteiger partial charge in [-0.15, -0.1) is 14.3 Å². The van der Waals surface area contributed by atoms with Crippen LogP contribution >= 0.6 is 14.3 Å². The topological polar surface area (TPSA) is 25.8 Å². The Morgan fingerprint density at radius 2 is 0.882 bits per heavy atom. The largest absolute Gasteiger partial charge is 0.258 e. The average molecular weight is 484 g/mol. The van der Waals surface area contributed by atoms with Crippen LogP contribution in [0, 0.1) is 0 Å². The number of hydrogen-bond donors (Lipinski definition) is 0. The van der Waals surface area contributed by atoms with E-state index in [1.54, 1.807) is 10.6 Å². The SMILES string of the molecule is [BH3-][P+](CCCC[P+]([BH3-])(Cc1ccccn1)c1ccccc1)(Cc1ccccn1)c1ccccc1. The molecular weight excluding hydrogens is 448 g/mol. The molecule has 2 unspecified atom stereocenters. The molecule has 34 heavy (non-hydrogen) atoms. The zero-order valence-corrected chi connectivity index (χ0v) is 20.2. The van der Waals surface area contributed by atoms with Crippen molar-refractivity contribution in [2.24, 2.45) is 0 Å². The molecule has 2 nitrogen and oxygen atoms in total. The van der Waals surface area contributed by atoms with Crippen LogP contribution in [0.4, 0.5) is 0 Å². The highest BCUT2D eigenvalue weighted by Gasteiger charge is 2.31. The Bertz CT molecular complexity index is 1040. The Morgan fingerprint density at radius 3 is 1.24 bits per heavy atom. The summed E-state index contributed by atoms with van der Waals surface area (Å²) in [4.78, 5) is 9.44. The molecule has 0 amide bonds. The zero-order valence-electron chi connectivity index (χ0n) is 18.4. The van der Waals surface area contributed by atoms with Crippen LogP contribution in [0.5, 0.6) is 0 Å². The lowest BCUT2D eigenvalue weighted by Gasteiger charge is -2.32. The van der Waals surface area contributed by atoms with Crippen LogP contribution in [0.2, 0.25) is 0 Å². The first-order valence-corrected chi connectivity index (χ1v) is 14.7. The molecule has 2 aromatic carbocycles. The third-order valence-electron chi connectivity index (χ3n) is 5.51. The fourth-order valence-corrected chi connectivity index (χ4v) is 8.61. The summed E-state index contributed by atoms with van der Waals surface area (Å²) in [6, 6.07) is 35.8. The van der Waals surface area contributed by atoms with Crippen LogP contribution in [0.1, 0.15) is 24.2 Å². The van der Waals surface area contributed by atoms with E-state index in [4.69, 9.17) is 9.97 Å². The van der Waals surface area contributed by atoms with Gasteiger partial charge >= 0.3 is 0 Å². The lowest BCUT2D eigenvalue weighted by Crippen LogP contribution is -2.19. The van der Waals surface area contributed by atoms with E-state index in [1.165, 1.54) is 48.9 Å². The minimum absolute atomic E-state index is 0.199. The van der Waals surface area contributed by atoms with Gasteiger partial charge in [0.05, 0.1) is 23.7 Å². The van der Waals surface area contributed by atoms with E-state index in [2.05, 4.69) is 84.9 Å². The Labute approximate surface area is 208 Å². The van der Waals surface area contributed by atoms with Gasteiger partial charge in [-0.3, -0.25) is 9.97 Å². The fourth-order valence-electron chi connectivity index (χ4n) is 3.86. The van der Waals surface area contributed by atoms with Gasteiger partial charge in [0.15, 0.2) is 0 Å². The highest BCUT2D eigenvalue weighted by atomic mass is 31.2. The van der Waals surface area contributed by atoms with Crippen LogP contribution in [0.15, 0.2) is 109 Å². The van der Waals surface area contributed by atoms with E-state index in [9.17, 15) is 0 Å². The maximum atomic E-state index is 4.72. The second-order valence-electron chi connectivity index (χ2n) is 7.86. The van der Waals surface area contributed by atoms with Crippen LogP contribution < -0.4 is 10.6 Å². The minimum Gasteiger partial charge on any atom is -0.258 e. The number of aromatic nitrogens is 2. The monoisotopic (exact) mass is 484 g/mol. The number of benzene rings is 2. The maximum absolute atomic E-state index is 4.72. The lowest BCUT2D eigenvalue weighted by atomic mass is 10.4. The van der Waals surface area contributed by atoms with Crippen molar-refractivity contribution in [3.05, 3.63) is 121 Å². The highest BCUT2D eigenvalue weighted by molar-refractivity contribution is 8.03. The van der Waals surface area contributed by atoms with Gasteiger partial charge in [0.1, 0.15) is 15.1 Å². The van der Waals surface area contributed by atoms with Crippen molar-refractivity contribution < 1.29 is 0 Å². The van der Waals surface area contributed by atoms with E-state index in [1.807, 2.05) is 24.5 Å². The second kappa shape index (κ2) is 11.9. The smallest absolute Gasteiger partial charge is 0.133 e. The first-order chi connectivity index (χ1) is 16.6. The Hall–Kier alpha value is -2.27. The van der Waals surface area contributed by atoms with Gasteiger partial charge in [0.2, 0.25) is 0 Å². The van der Waals surface area contributed by atoms with Crippen molar-refractivity contribution >= 4 is 40.0 Å². The molecule has 2 atom stereocenters. The Morgan fingerprint density at radius 1 is 0.500 bits per heavy atom. The molecule has 174 valence electrons. The van der Waals surface area contributed by atoms with Crippen LogP contribution in [-0.2, 0) is 12.3 Å². The molecule has 0 aliphatic heterocycles. The normalized spacial score (nSPS) is 14.8. The third-order valence-corrected chi connectivity index (χ3v) is 10.7. The summed E-state index contributed by atoms with van der Waals surface area (Å²) in [6.45, 7) is 0. The molecule has 2 heterocycles. The first-order valence-electron chi connectivity index (χ1n) is 11.3. The predicted octanol–water partition coefficient (Wildman–Crippen LogP) is 4.20. The van der Waals surface area contributed by atoms with E-state index in [-0.39, 0.29) is 15.1 Å². The van der Waals surface area contributed by atoms with Crippen LogP contribution in [0.25, 0.3) is 0 Å². The summed E-state index contributed by atoms with van der Waals surface area (Å²) in [5.74, 6) is 0. The molecule has 6 heteroatoms. The summed E-state index contributed by atoms with van der Waals surface area (Å²) in [5, 5.41) is 3.30. The fraction of sp³-hybridized carbons (Fsp3) is 0.214. The number of nitrogens with zero attached hydrogens (tertiary/aromatic N) is 2. The van der Waals surface area contributed by atoms with E-state index < -0.39 is 14.3 Å². The summed E-state index contributed by atoms with van der Waals surface area (Å²) in [6.07, 6.45) is 11.9. The zero-order chi connectivity index (χ0) is 23.7. The highest BCUT2D eigenvalue weighted by Crippen LogP contribution is 2.58. The van der Waals surface area contributed by atoms with Gasteiger partial charge in [0.25, 0.3) is 0 Å². The quantitative estimate of drug-likeness (QED) is 0.181. The molecule has 0 saturated carbocycles. The van der Waals surface area contributed by atoms with E-state index >= 15 is 0 Å². The summed E-state index contributed by atoms with van der Waals surface area (Å²) in [7, 11) is -1.71. The maximum Gasteiger partial charge on any atom is 0.133 e. The van der Waals surface area contributed by atoms with Gasteiger partial charge in [0, 0.05) is 35.3 Å². The van der Waals surface area contributed by atoms with Crippen LogP contribution in [0.3, 0.4) is 0 Å². The average Bonchev–Trinajstić information content (AvgIpc) is 2.89. The molecule has 2 aromatic heterocycles.